The number of nitrogens with one attached hydrogen (secondary N) is 1. The first-order valence-electron chi connectivity index (χ1n) is 3.77. The molecular weight excluding hydrogens is 130 g/mol. The van der Waals surface area contributed by atoms with Crippen molar-refractivity contribution in [1.82, 2.24) is 5.32 Å². The van der Waals surface area contributed by atoms with Gasteiger partial charge in [0, 0.05) is 18.7 Å². The standard InChI is InChI=1S/C7H15NO2/c1-6(4-9)8-7-2-3-10-5-7/h6-9H,2-5H2,1H3/t6-,7?/m1/s1. The van der Waals surface area contributed by atoms with Crippen molar-refractivity contribution in [1.29, 1.82) is 0 Å². The molecule has 0 aromatic carbocycles. The summed E-state index contributed by atoms with van der Waals surface area (Å²) in [5.41, 5.74) is 0. The summed E-state index contributed by atoms with van der Waals surface area (Å²) in [7, 11) is 0. The second kappa shape index (κ2) is 3.91. The third kappa shape index (κ3) is 2.25. The maximum absolute atomic E-state index is 8.69. The Bertz CT molecular complexity index is 91.6. The van der Waals surface area contributed by atoms with E-state index in [0.29, 0.717) is 6.04 Å². The quantitative estimate of drug-likeness (QED) is 0.575. The van der Waals surface area contributed by atoms with E-state index < -0.39 is 0 Å². The van der Waals surface area contributed by atoms with Crippen molar-refractivity contribution in [3.05, 3.63) is 0 Å². The second-order valence-electron chi connectivity index (χ2n) is 2.81. The van der Waals surface area contributed by atoms with Crippen LogP contribution in [0.1, 0.15) is 13.3 Å². The van der Waals surface area contributed by atoms with Gasteiger partial charge >= 0.3 is 0 Å². The highest BCUT2D eigenvalue weighted by molar-refractivity contribution is 4.74. The van der Waals surface area contributed by atoms with E-state index in [-0.39, 0.29) is 12.6 Å². The molecule has 60 valence electrons. The summed E-state index contributed by atoms with van der Waals surface area (Å²) >= 11 is 0. The Labute approximate surface area is 61.4 Å². The summed E-state index contributed by atoms with van der Waals surface area (Å²) in [6.07, 6.45) is 1.07. The van der Waals surface area contributed by atoms with Crippen molar-refractivity contribution in [2.45, 2.75) is 25.4 Å². The molecule has 3 heteroatoms. The SMILES string of the molecule is C[C@H](CO)NC1CCOC1. The van der Waals surface area contributed by atoms with E-state index >= 15 is 0 Å². The van der Waals surface area contributed by atoms with Crippen molar-refractivity contribution >= 4 is 0 Å². The second-order valence-corrected chi connectivity index (χ2v) is 2.81. The first-order valence-corrected chi connectivity index (χ1v) is 3.77. The van der Waals surface area contributed by atoms with Gasteiger partial charge in [0.1, 0.15) is 0 Å². The molecular formula is C7H15NO2. The normalized spacial score (nSPS) is 28.8. The van der Waals surface area contributed by atoms with Gasteiger partial charge in [0.25, 0.3) is 0 Å². The summed E-state index contributed by atoms with van der Waals surface area (Å²) < 4.78 is 5.16. The minimum Gasteiger partial charge on any atom is -0.395 e. The maximum atomic E-state index is 8.69. The molecule has 10 heavy (non-hydrogen) atoms. The van der Waals surface area contributed by atoms with Gasteiger partial charge in [0.2, 0.25) is 0 Å². The van der Waals surface area contributed by atoms with Crippen molar-refractivity contribution < 1.29 is 9.84 Å². The number of hydrogen-bond donors (Lipinski definition) is 2. The Balaban J connectivity index is 2.11. The van der Waals surface area contributed by atoms with E-state index in [2.05, 4.69) is 5.32 Å². The van der Waals surface area contributed by atoms with E-state index in [0.717, 1.165) is 19.6 Å². The monoisotopic (exact) mass is 145 g/mol. The zero-order valence-electron chi connectivity index (χ0n) is 6.34. The number of ether oxygens (including phenoxy) is 1. The van der Waals surface area contributed by atoms with Gasteiger partial charge in [-0.25, -0.2) is 0 Å². The Hall–Kier alpha value is -0.120. The highest BCUT2D eigenvalue weighted by Crippen LogP contribution is 2.03. The van der Waals surface area contributed by atoms with E-state index in [9.17, 15) is 0 Å². The Morgan fingerprint density at radius 1 is 1.80 bits per heavy atom. The molecule has 1 fully saturated rings. The van der Waals surface area contributed by atoms with Crippen LogP contribution in [0.4, 0.5) is 0 Å². The molecule has 0 spiro atoms. The van der Waals surface area contributed by atoms with Crippen LogP contribution >= 0.6 is 0 Å². The Morgan fingerprint density at radius 2 is 2.60 bits per heavy atom. The molecule has 0 amide bonds. The number of aliphatic hydroxyl groups is 1. The molecule has 1 rings (SSSR count). The molecule has 0 aromatic rings. The van der Waals surface area contributed by atoms with Gasteiger partial charge in [-0.15, -0.1) is 0 Å². The fourth-order valence-electron chi connectivity index (χ4n) is 1.12. The zero-order valence-corrected chi connectivity index (χ0v) is 6.34. The van der Waals surface area contributed by atoms with Crippen LogP contribution in [0.15, 0.2) is 0 Å². The fraction of sp³-hybridized carbons (Fsp3) is 1.00. The molecule has 1 aliphatic heterocycles. The summed E-state index contributed by atoms with van der Waals surface area (Å²) in [6.45, 7) is 3.83. The predicted molar refractivity (Wildman–Crippen MR) is 38.9 cm³/mol. The van der Waals surface area contributed by atoms with Gasteiger partial charge < -0.3 is 15.2 Å². The lowest BCUT2D eigenvalue weighted by atomic mass is 10.2. The Morgan fingerprint density at radius 3 is 3.10 bits per heavy atom. The van der Waals surface area contributed by atoms with E-state index in [1.165, 1.54) is 0 Å². The number of hydrogen-bond acceptors (Lipinski definition) is 3. The zero-order chi connectivity index (χ0) is 7.40. The number of rotatable bonds is 3. The summed E-state index contributed by atoms with van der Waals surface area (Å²) in [6, 6.07) is 0.661. The average Bonchev–Trinajstić information content (AvgIpc) is 2.40. The van der Waals surface area contributed by atoms with E-state index in [4.69, 9.17) is 9.84 Å². The van der Waals surface area contributed by atoms with Crippen LogP contribution in [0.25, 0.3) is 0 Å². The van der Waals surface area contributed by atoms with Gasteiger partial charge in [-0.3, -0.25) is 0 Å². The number of aliphatic hydroxyl groups excluding tert-OH is 1. The predicted octanol–water partition coefficient (Wildman–Crippen LogP) is -0.254. The Kier molecular flexibility index (Phi) is 3.12. The lowest BCUT2D eigenvalue weighted by Gasteiger charge is -2.15. The third-order valence-corrected chi connectivity index (χ3v) is 1.72. The largest absolute Gasteiger partial charge is 0.395 e. The summed E-state index contributed by atoms with van der Waals surface area (Å²) in [5.74, 6) is 0. The summed E-state index contributed by atoms with van der Waals surface area (Å²) in [4.78, 5) is 0. The molecule has 1 unspecified atom stereocenters. The van der Waals surface area contributed by atoms with Crippen molar-refractivity contribution in [3.63, 3.8) is 0 Å². The van der Waals surface area contributed by atoms with E-state index in [1.807, 2.05) is 6.92 Å². The van der Waals surface area contributed by atoms with Crippen LogP contribution in [0.5, 0.6) is 0 Å². The summed E-state index contributed by atoms with van der Waals surface area (Å²) in [5, 5.41) is 11.9. The van der Waals surface area contributed by atoms with Gasteiger partial charge in [0.15, 0.2) is 0 Å². The van der Waals surface area contributed by atoms with Gasteiger partial charge in [0.05, 0.1) is 13.2 Å². The van der Waals surface area contributed by atoms with Crippen molar-refractivity contribution in [2.24, 2.45) is 0 Å². The topological polar surface area (TPSA) is 41.5 Å². The van der Waals surface area contributed by atoms with Gasteiger partial charge in [-0.1, -0.05) is 0 Å². The molecule has 1 saturated heterocycles. The molecule has 0 bridgehead atoms. The third-order valence-electron chi connectivity index (χ3n) is 1.72. The van der Waals surface area contributed by atoms with Crippen LogP contribution in [-0.4, -0.2) is 37.0 Å². The molecule has 0 aromatic heterocycles. The fourth-order valence-corrected chi connectivity index (χ4v) is 1.12. The molecule has 0 radical (unpaired) electrons. The smallest absolute Gasteiger partial charge is 0.0620 e. The molecule has 2 atom stereocenters. The highest BCUT2D eigenvalue weighted by Gasteiger charge is 2.16. The first-order chi connectivity index (χ1) is 4.83. The van der Waals surface area contributed by atoms with Crippen LogP contribution in [0.3, 0.4) is 0 Å². The molecule has 3 nitrogen and oxygen atoms in total. The minimum absolute atomic E-state index is 0.201. The lowest BCUT2D eigenvalue weighted by molar-refractivity contribution is 0.182. The van der Waals surface area contributed by atoms with Crippen LogP contribution in [0.2, 0.25) is 0 Å². The van der Waals surface area contributed by atoms with Crippen LogP contribution in [-0.2, 0) is 4.74 Å². The first kappa shape index (κ1) is 7.98. The van der Waals surface area contributed by atoms with E-state index in [1.54, 1.807) is 0 Å². The highest BCUT2D eigenvalue weighted by atomic mass is 16.5. The molecule has 2 N–H and O–H groups in total. The minimum atomic E-state index is 0.201. The lowest BCUT2D eigenvalue weighted by Crippen LogP contribution is -2.38. The van der Waals surface area contributed by atoms with Crippen LogP contribution < -0.4 is 5.32 Å². The van der Waals surface area contributed by atoms with Crippen LogP contribution in [0, 0.1) is 0 Å². The van der Waals surface area contributed by atoms with Gasteiger partial charge in [-0.2, -0.15) is 0 Å². The molecule has 1 aliphatic rings. The maximum Gasteiger partial charge on any atom is 0.0620 e. The van der Waals surface area contributed by atoms with Crippen molar-refractivity contribution in [2.75, 3.05) is 19.8 Å². The molecule has 0 saturated carbocycles. The molecule has 1 heterocycles. The average molecular weight is 145 g/mol. The van der Waals surface area contributed by atoms with Crippen molar-refractivity contribution in [3.8, 4) is 0 Å². The van der Waals surface area contributed by atoms with Gasteiger partial charge in [-0.05, 0) is 13.3 Å². The molecule has 0 aliphatic carbocycles.